The van der Waals surface area contributed by atoms with Crippen molar-refractivity contribution in [3.63, 3.8) is 0 Å². The summed E-state index contributed by atoms with van der Waals surface area (Å²) in [6.07, 6.45) is 20.0. The molecule has 85 heavy (non-hydrogen) atoms. The summed E-state index contributed by atoms with van der Waals surface area (Å²) in [5.74, 6) is 0. The summed E-state index contributed by atoms with van der Waals surface area (Å²) in [4.78, 5) is 10.1. The number of rotatable bonds is 12. The van der Waals surface area contributed by atoms with Gasteiger partial charge in [0.2, 0.25) is 0 Å². The Balaban J connectivity index is 1.09. The van der Waals surface area contributed by atoms with Crippen LogP contribution in [0.3, 0.4) is 0 Å². The number of anilines is 9. The summed E-state index contributed by atoms with van der Waals surface area (Å²) in [5, 5.41) is 0. The van der Waals surface area contributed by atoms with E-state index in [1.807, 2.05) is 0 Å². The van der Waals surface area contributed by atoms with E-state index >= 15 is 0 Å². The molecule has 0 radical (unpaired) electrons. The van der Waals surface area contributed by atoms with Crippen molar-refractivity contribution in [2.75, 3.05) is 19.6 Å². The monoisotopic (exact) mass is 1100 g/mol. The van der Waals surface area contributed by atoms with Crippen LogP contribution in [0.2, 0.25) is 0 Å². The molecule has 418 valence electrons. The Bertz CT molecular complexity index is 3970. The van der Waals surface area contributed by atoms with Gasteiger partial charge >= 0.3 is 0 Å². The number of hydrogen-bond donors (Lipinski definition) is 0. The molecule has 5 aliphatic carbocycles. The highest BCUT2D eigenvalue weighted by atomic mass is 15.2. The van der Waals surface area contributed by atoms with Crippen molar-refractivity contribution in [1.29, 1.82) is 0 Å². The number of benzene rings is 9. The smallest absolute Gasteiger partial charge is 0.0728 e. The molecule has 9 aromatic rings. The summed E-state index contributed by atoms with van der Waals surface area (Å²) in [7, 11) is 0. The average Bonchev–Trinajstić information content (AvgIpc) is 1.63. The number of hydrogen-bond acceptors (Lipinski definition) is 4. The van der Waals surface area contributed by atoms with Crippen LogP contribution in [0.1, 0.15) is 109 Å². The maximum Gasteiger partial charge on any atom is 0.0728 e. The van der Waals surface area contributed by atoms with Gasteiger partial charge in [0, 0.05) is 68.3 Å². The normalized spacial score (nSPS) is 15.3. The summed E-state index contributed by atoms with van der Waals surface area (Å²) >= 11 is 0. The van der Waals surface area contributed by atoms with E-state index in [2.05, 4.69) is 306 Å². The van der Waals surface area contributed by atoms with Crippen LogP contribution in [0.15, 0.2) is 264 Å². The van der Waals surface area contributed by atoms with Gasteiger partial charge in [-0.2, -0.15) is 0 Å². The van der Waals surface area contributed by atoms with Crippen molar-refractivity contribution in [2.24, 2.45) is 0 Å². The van der Waals surface area contributed by atoms with Gasteiger partial charge in [0.05, 0.1) is 5.41 Å². The van der Waals surface area contributed by atoms with E-state index in [4.69, 9.17) is 0 Å². The van der Waals surface area contributed by atoms with Gasteiger partial charge in [0.1, 0.15) is 0 Å². The van der Waals surface area contributed by atoms with Crippen molar-refractivity contribution in [3.8, 4) is 22.3 Å². The molecule has 4 nitrogen and oxygen atoms in total. The van der Waals surface area contributed by atoms with Gasteiger partial charge in [-0.15, -0.1) is 0 Å². The van der Waals surface area contributed by atoms with Crippen molar-refractivity contribution >= 4 is 51.2 Å². The second-order valence-electron chi connectivity index (χ2n) is 24.7. The van der Waals surface area contributed by atoms with E-state index in [1.165, 1.54) is 106 Å². The molecule has 9 aromatic carbocycles. The van der Waals surface area contributed by atoms with E-state index in [-0.39, 0.29) is 0 Å². The summed E-state index contributed by atoms with van der Waals surface area (Å²) < 4.78 is 0. The molecular formula is C81H74N4. The van der Waals surface area contributed by atoms with E-state index in [0.717, 1.165) is 89.7 Å². The average molecular weight is 1100 g/mol. The lowest BCUT2D eigenvalue weighted by atomic mass is 9.70. The third kappa shape index (κ3) is 9.59. The SMILES string of the molecule is CC1=CC=C(N(c2ccc(C)cc2)c2ccc3c(c2)C2(c4cc(N(C5=CC=C(C)CC5)c5ccc(C)cc5)ccc4-3)c3cc(N(C4=CC=C(C)CC4)c4ccc(C)cc4)ccc3-c3ccc(N(c4ccc(C)cc4)c4ccc(C)cc4)cc32)CC1. The zero-order valence-corrected chi connectivity index (χ0v) is 50.5. The lowest BCUT2D eigenvalue weighted by molar-refractivity contribution is 0.790. The molecule has 0 aromatic heterocycles. The van der Waals surface area contributed by atoms with Crippen LogP contribution in [0.5, 0.6) is 0 Å². The first-order chi connectivity index (χ1) is 41.4. The third-order valence-corrected chi connectivity index (χ3v) is 18.6. The van der Waals surface area contributed by atoms with E-state index in [9.17, 15) is 0 Å². The highest BCUT2D eigenvalue weighted by molar-refractivity contribution is 5.99. The lowest BCUT2D eigenvalue weighted by Crippen LogP contribution is -2.28. The zero-order valence-electron chi connectivity index (χ0n) is 50.5. The highest BCUT2D eigenvalue weighted by Crippen LogP contribution is 2.65. The molecule has 0 unspecified atom stereocenters. The van der Waals surface area contributed by atoms with E-state index in [0.29, 0.717) is 0 Å². The maximum atomic E-state index is 2.58. The Morgan fingerprint density at radius 3 is 0.659 bits per heavy atom. The van der Waals surface area contributed by atoms with Crippen molar-refractivity contribution < 1.29 is 0 Å². The number of fused-ring (bicyclic) bond motifs is 10. The molecule has 0 saturated heterocycles. The predicted octanol–water partition coefficient (Wildman–Crippen LogP) is 22.3. The minimum absolute atomic E-state index is 0.789. The Kier molecular flexibility index (Phi) is 13.7. The molecule has 0 saturated carbocycles. The molecule has 0 amide bonds. The van der Waals surface area contributed by atoms with Crippen molar-refractivity contribution in [3.05, 3.63) is 314 Å². The highest BCUT2D eigenvalue weighted by Gasteiger charge is 2.53. The summed E-state index contributed by atoms with van der Waals surface area (Å²) in [5.41, 5.74) is 34.0. The molecule has 0 N–H and O–H groups in total. The number of aryl methyl sites for hydroxylation is 5. The van der Waals surface area contributed by atoms with Gasteiger partial charge in [-0.1, -0.05) is 148 Å². The second-order valence-corrected chi connectivity index (χ2v) is 24.7. The van der Waals surface area contributed by atoms with Gasteiger partial charge < -0.3 is 19.6 Å². The maximum absolute atomic E-state index is 2.58. The zero-order chi connectivity index (χ0) is 58.1. The van der Waals surface area contributed by atoms with Crippen molar-refractivity contribution in [2.45, 2.75) is 99.3 Å². The fraction of sp³-hybridized carbons (Fsp3) is 0.185. The minimum Gasteiger partial charge on any atom is -0.314 e. The Morgan fingerprint density at radius 1 is 0.224 bits per heavy atom. The first kappa shape index (κ1) is 53.6. The summed E-state index contributed by atoms with van der Waals surface area (Å²) in [6.45, 7) is 17.7. The van der Waals surface area contributed by atoms with E-state index < -0.39 is 5.41 Å². The fourth-order valence-electron chi connectivity index (χ4n) is 13.8. The quantitative estimate of drug-likeness (QED) is 0.121. The second kappa shape index (κ2) is 21.7. The molecular weight excluding hydrogens is 1030 g/mol. The van der Waals surface area contributed by atoms with Crippen molar-refractivity contribution in [1.82, 2.24) is 0 Å². The first-order valence-electron chi connectivity index (χ1n) is 30.6. The lowest BCUT2D eigenvalue weighted by Gasteiger charge is -2.36. The molecule has 0 aliphatic heterocycles. The molecule has 0 heterocycles. The van der Waals surface area contributed by atoms with Crippen LogP contribution in [0.4, 0.5) is 51.2 Å². The third-order valence-electron chi connectivity index (χ3n) is 18.6. The molecule has 5 aliphatic rings. The molecule has 0 atom stereocenters. The van der Waals surface area contributed by atoms with Crippen LogP contribution >= 0.6 is 0 Å². The predicted molar refractivity (Wildman–Crippen MR) is 360 cm³/mol. The largest absolute Gasteiger partial charge is 0.314 e. The van der Waals surface area contributed by atoms with Gasteiger partial charge in [0.25, 0.3) is 0 Å². The first-order valence-corrected chi connectivity index (χ1v) is 30.6. The van der Waals surface area contributed by atoms with Gasteiger partial charge in [-0.25, -0.2) is 0 Å². The van der Waals surface area contributed by atoms with Gasteiger partial charge in [0.15, 0.2) is 0 Å². The molecule has 0 fully saturated rings. The summed E-state index contributed by atoms with van der Waals surface area (Å²) in [6, 6.07) is 75.1. The molecule has 0 bridgehead atoms. The molecule has 4 heteroatoms. The standard InChI is InChI=1S/C81H74N4/c1-53-9-25-61(26-10-53)82(62-27-11-54(2)12-28-62)69-41-45-73-74-46-42-70(83(63-29-13-55(3)14-30-63)64-31-15-56(4)16-32-64)50-78(74)81(77(73)49-69)79-51-71(84(65-33-17-57(5)18-34-65)66-35-19-58(6)20-36-66)43-47-75(79)76-48-44-72(52-80(76)81)85(67-37-21-59(7)22-38-67)68-39-23-60(8)24-40-68/h9-15,17-19,21-23,25-31,33-35,37-39,41-52H,16,20,24,32,36,40H2,1-8H3. The van der Waals surface area contributed by atoms with Crippen LogP contribution in [0.25, 0.3) is 22.3 Å². The molecule has 1 spiro atoms. The Hall–Kier alpha value is -9.38. The van der Waals surface area contributed by atoms with Crippen LogP contribution in [-0.4, -0.2) is 0 Å². The fourth-order valence-corrected chi connectivity index (χ4v) is 13.8. The Morgan fingerprint density at radius 2 is 0.435 bits per heavy atom. The number of allylic oxidation sites excluding steroid dienone is 12. The van der Waals surface area contributed by atoms with Gasteiger partial charge in [-0.3, -0.25) is 0 Å². The number of nitrogens with zero attached hydrogens (tertiary/aromatic N) is 4. The van der Waals surface area contributed by atoms with Crippen LogP contribution in [-0.2, 0) is 5.41 Å². The Labute approximate surface area is 504 Å². The van der Waals surface area contributed by atoms with E-state index in [1.54, 1.807) is 0 Å². The van der Waals surface area contributed by atoms with Crippen LogP contribution < -0.4 is 19.6 Å². The topological polar surface area (TPSA) is 13.0 Å². The minimum atomic E-state index is -0.789. The molecule has 14 rings (SSSR count). The van der Waals surface area contributed by atoms with Crippen LogP contribution in [0, 0.1) is 34.6 Å². The van der Waals surface area contributed by atoms with Gasteiger partial charge in [-0.05, 0) is 266 Å².